The average Bonchev–Trinajstić information content (AvgIpc) is 3.02. The molecule has 1 aromatic carbocycles. The lowest BCUT2D eigenvalue weighted by Crippen LogP contribution is -2.35. The molecule has 1 heterocycles. The van der Waals surface area contributed by atoms with E-state index in [-0.39, 0.29) is 5.91 Å². The van der Waals surface area contributed by atoms with Crippen LogP contribution in [0, 0.1) is 0 Å². The van der Waals surface area contributed by atoms with Crippen molar-refractivity contribution in [2.24, 2.45) is 5.73 Å². The maximum Gasteiger partial charge on any atom is 0.241 e. The predicted molar refractivity (Wildman–Crippen MR) is 76.9 cm³/mol. The van der Waals surface area contributed by atoms with E-state index in [1.807, 2.05) is 12.1 Å². The molecule has 0 saturated heterocycles. The second kappa shape index (κ2) is 7.46. The van der Waals surface area contributed by atoms with Crippen molar-refractivity contribution in [3.05, 3.63) is 30.6 Å². The summed E-state index contributed by atoms with van der Waals surface area (Å²) in [5.41, 5.74) is 7.24. The molecule has 2 aromatic rings. The van der Waals surface area contributed by atoms with Gasteiger partial charge in [0.05, 0.1) is 11.7 Å². The Morgan fingerprint density at radius 1 is 1.52 bits per heavy atom. The van der Waals surface area contributed by atoms with E-state index in [9.17, 15) is 4.79 Å². The molecule has 112 valence electrons. The van der Waals surface area contributed by atoms with Crippen LogP contribution < -0.4 is 11.1 Å². The van der Waals surface area contributed by atoms with Crippen LogP contribution in [0.1, 0.15) is 12.8 Å². The lowest BCUT2D eigenvalue weighted by Gasteiger charge is -2.12. The molecule has 8 heteroatoms. The van der Waals surface area contributed by atoms with Gasteiger partial charge in [0.15, 0.2) is 0 Å². The fourth-order valence-electron chi connectivity index (χ4n) is 1.82. The quantitative estimate of drug-likeness (QED) is 0.713. The summed E-state index contributed by atoms with van der Waals surface area (Å²) in [5.74, 6) is -0.222. The number of nitrogens with two attached hydrogens (primary N) is 1. The molecule has 1 aromatic heterocycles. The first-order valence-corrected chi connectivity index (χ1v) is 6.59. The standard InChI is InChI=1S/C13H18N6O2/c1-21-7-3-6-12(14)13(20)16-10-4-2-5-11(8-10)19-9-15-17-18-19/h2,4-5,8-9,12H,3,6-7,14H2,1H3,(H,16,20). The highest BCUT2D eigenvalue weighted by molar-refractivity contribution is 5.94. The van der Waals surface area contributed by atoms with Gasteiger partial charge in [-0.3, -0.25) is 4.79 Å². The van der Waals surface area contributed by atoms with E-state index in [0.717, 1.165) is 12.1 Å². The van der Waals surface area contributed by atoms with Gasteiger partial charge in [-0.25, -0.2) is 4.68 Å². The van der Waals surface area contributed by atoms with Crippen LogP contribution in [-0.4, -0.2) is 45.9 Å². The summed E-state index contributed by atoms with van der Waals surface area (Å²) in [6.45, 7) is 0.593. The van der Waals surface area contributed by atoms with E-state index in [2.05, 4.69) is 20.8 Å². The Hall–Kier alpha value is -2.32. The zero-order chi connectivity index (χ0) is 15.1. The van der Waals surface area contributed by atoms with E-state index in [4.69, 9.17) is 10.5 Å². The molecule has 0 spiro atoms. The molecule has 1 atom stereocenters. The van der Waals surface area contributed by atoms with Crippen LogP contribution in [0.5, 0.6) is 0 Å². The number of carbonyl (C=O) groups excluding carboxylic acids is 1. The van der Waals surface area contributed by atoms with Crippen molar-refractivity contribution in [3.63, 3.8) is 0 Å². The summed E-state index contributed by atoms with van der Waals surface area (Å²) < 4.78 is 6.45. The van der Waals surface area contributed by atoms with Crippen LogP contribution in [0.4, 0.5) is 5.69 Å². The van der Waals surface area contributed by atoms with Gasteiger partial charge in [-0.15, -0.1) is 5.10 Å². The first kappa shape index (κ1) is 15.1. The molecule has 0 bridgehead atoms. The summed E-state index contributed by atoms with van der Waals surface area (Å²) in [4.78, 5) is 12.0. The predicted octanol–water partition coefficient (Wildman–Crippen LogP) is 0.355. The second-order valence-electron chi connectivity index (χ2n) is 4.54. The SMILES string of the molecule is COCCCC(N)C(=O)Nc1cccc(-n2cnnn2)c1. The Morgan fingerprint density at radius 2 is 2.38 bits per heavy atom. The van der Waals surface area contributed by atoms with Crippen LogP contribution in [-0.2, 0) is 9.53 Å². The van der Waals surface area contributed by atoms with E-state index in [1.54, 1.807) is 19.2 Å². The van der Waals surface area contributed by atoms with Crippen molar-refractivity contribution < 1.29 is 9.53 Å². The number of methoxy groups -OCH3 is 1. The lowest BCUT2D eigenvalue weighted by atomic mass is 10.1. The van der Waals surface area contributed by atoms with Crippen LogP contribution in [0.15, 0.2) is 30.6 Å². The van der Waals surface area contributed by atoms with Crippen LogP contribution >= 0.6 is 0 Å². The van der Waals surface area contributed by atoms with E-state index >= 15 is 0 Å². The Labute approximate surface area is 122 Å². The van der Waals surface area contributed by atoms with Crippen LogP contribution in [0.3, 0.4) is 0 Å². The minimum atomic E-state index is -0.558. The number of ether oxygens (including phenoxy) is 1. The highest BCUT2D eigenvalue weighted by Gasteiger charge is 2.13. The molecule has 0 aliphatic rings. The van der Waals surface area contributed by atoms with Crippen molar-refractivity contribution in [1.82, 2.24) is 20.2 Å². The highest BCUT2D eigenvalue weighted by Crippen LogP contribution is 2.13. The number of carbonyl (C=O) groups is 1. The Kier molecular flexibility index (Phi) is 5.35. The molecular weight excluding hydrogens is 272 g/mol. The third kappa shape index (κ3) is 4.33. The Balaban J connectivity index is 1.96. The number of hydrogen-bond acceptors (Lipinski definition) is 6. The largest absolute Gasteiger partial charge is 0.385 e. The summed E-state index contributed by atoms with van der Waals surface area (Å²) >= 11 is 0. The van der Waals surface area contributed by atoms with Crippen LogP contribution in [0.25, 0.3) is 5.69 Å². The number of anilines is 1. The molecule has 0 fully saturated rings. The van der Waals surface area contributed by atoms with Crippen molar-refractivity contribution >= 4 is 11.6 Å². The number of benzene rings is 1. The lowest BCUT2D eigenvalue weighted by molar-refractivity contribution is -0.117. The third-order valence-corrected chi connectivity index (χ3v) is 2.93. The van der Waals surface area contributed by atoms with Gasteiger partial charge in [0.1, 0.15) is 6.33 Å². The molecule has 21 heavy (non-hydrogen) atoms. The zero-order valence-electron chi connectivity index (χ0n) is 11.8. The normalized spacial score (nSPS) is 12.1. The van der Waals surface area contributed by atoms with Gasteiger partial charge in [-0.1, -0.05) is 6.07 Å². The van der Waals surface area contributed by atoms with E-state index in [0.29, 0.717) is 18.7 Å². The van der Waals surface area contributed by atoms with Gasteiger partial charge in [0, 0.05) is 19.4 Å². The minimum Gasteiger partial charge on any atom is -0.385 e. The molecule has 2 rings (SSSR count). The summed E-state index contributed by atoms with van der Waals surface area (Å²) in [6, 6.07) is 6.65. The van der Waals surface area contributed by atoms with Crippen molar-refractivity contribution in [1.29, 1.82) is 0 Å². The number of rotatable bonds is 7. The van der Waals surface area contributed by atoms with Gasteiger partial charge >= 0.3 is 0 Å². The summed E-state index contributed by atoms with van der Waals surface area (Å²) in [6.07, 6.45) is 2.81. The smallest absolute Gasteiger partial charge is 0.241 e. The minimum absolute atomic E-state index is 0.222. The molecule has 0 radical (unpaired) electrons. The number of nitrogens with one attached hydrogen (secondary N) is 1. The second-order valence-corrected chi connectivity index (χ2v) is 4.54. The van der Waals surface area contributed by atoms with Crippen molar-refractivity contribution in [3.8, 4) is 5.69 Å². The van der Waals surface area contributed by atoms with Gasteiger partial charge < -0.3 is 15.8 Å². The number of tetrazole rings is 1. The first-order chi connectivity index (χ1) is 10.2. The number of aromatic nitrogens is 4. The number of nitrogens with zero attached hydrogens (tertiary/aromatic N) is 4. The molecule has 3 N–H and O–H groups in total. The van der Waals surface area contributed by atoms with E-state index in [1.165, 1.54) is 11.0 Å². The van der Waals surface area contributed by atoms with Gasteiger partial charge in [-0.05, 0) is 41.5 Å². The Bertz CT molecular complexity index is 572. The maximum atomic E-state index is 12.0. The average molecular weight is 290 g/mol. The molecule has 0 aliphatic heterocycles. The van der Waals surface area contributed by atoms with Gasteiger partial charge in [0.25, 0.3) is 0 Å². The molecule has 8 nitrogen and oxygen atoms in total. The molecule has 0 aliphatic carbocycles. The fraction of sp³-hybridized carbons (Fsp3) is 0.385. The molecular formula is C13H18N6O2. The molecule has 1 amide bonds. The fourth-order valence-corrected chi connectivity index (χ4v) is 1.82. The topological polar surface area (TPSA) is 108 Å². The third-order valence-electron chi connectivity index (χ3n) is 2.93. The highest BCUT2D eigenvalue weighted by atomic mass is 16.5. The molecule has 1 unspecified atom stereocenters. The van der Waals surface area contributed by atoms with Crippen molar-refractivity contribution in [2.45, 2.75) is 18.9 Å². The monoisotopic (exact) mass is 290 g/mol. The van der Waals surface area contributed by atoms with Crippen molar-refractivity contribution in [2.75, 3.05) is 19.0 Å². The molecule has 0 saturated carbocycles. The Morgan fingerprint density at radius 3 is 3.10 bits per heavy atom. The van der Waals surface area contributed by atoms with Gasteiger partial charge in [0.2, 0.25) is 5.91 Å². The first-order valence-electron chi connectivity index (χ1n) is 6.59. The number of hydrogen-bond donors (Lipinski definition) is 2. The maximum absolute atomic E-state index is 12.0. The van der Waals surface area contributed by atoms with Gasteiger partial charge in [-0.2, -0.15) is 0 Å². The number of amides is 1. The summed E-state index contributed by atoms with van der Waals surface area (Å²) in [7, 11) is 1.62. The van der Waals surface area contributed by atoms with E-state index < -0.39 is 6.04 Å². The van der Waals surface area contributed by atoms with Crippen LogP contribution in [0.2, 0.25) is 0 Å². The zero-order valence-corrected chi connectivity index (χ0v) is 11.8. The summed E-state index contributed by atoms with van der Waals surface area (Å²) in [5, 5.41) is 13.7.